The predicted octanol–water partition coefficient (Wildman–Crippen LogP) is 2.03. The van der Waals surface area contributed by atoms with Gasteiger partial charge in [0.25, 0.3) is 0 Å². The summed E-state index contributed by atoms with van der Waals surface area (Å²) < 4.78 is 1.94. The molecule has 1 aliphatic heterocycles. The van der Waals surface area contributed by atoms with Crippen molar-refractivity contribution in [2.45, 2.75) is 58.0 Å². The normalized spacial score (nSPS) is 21.8. The summed E-state index contributed by atoms with van der Waals surface area (Å²) in [5.41, 5.74) is 8.59. The molecule has 1 aliphatic rings. The van der Waals surface area contributed by atoms with Gasteiger partial charge in [-0.15, -0.1) is 0 Å². The Morgan fingerprint density at radius 3 is 2.74 bits per heavy atom. The first kappa shape index (κ1) is 14.5. The summed E-state index contributed by atoms with van der Waals surface area (Å²) >= 11 is 0. The third-order valence-corrected chi connectivity index (χ3v) is 4.01. The standard InChI is InChI=1S/C15H28N4/c1-15(2,3)14-12(10-18(4)17-14)11-19-8-6-5-7-13(19)9-16/h10,13H,5-9,11,16H2,1-4H3. The molecule has 1 atom stereocenters. The van der Waals surface area contributed by atoms with E-state index in [1.165, 1.54) is 37.1 Å². The zero-order chi connectivity index (χ0) is 14.0. The van der Waals surface area contributed by atoms with Gasteiger partial charge in [-0.3, -0.25) is 9.58 Å². The molecule has 1 unspecified atom stereocenters. The Kier molecular flexibility index (Phi) is 4.31. The van der Waals surface area contributed by atoms with Crippen molar-refractivity contribution in [2.75, 3.05) is 13.1 Å². The predicted molar refractivity (Wildman–Crippen MR) is 79.0 cm³/mol. The zero-order valence-corrected chi connectivity index (χ0v) is 12.8. The number of piperidine rings is 1. The summed E-state index contributed by atoms with van der Waals surface area (Å²) in [6.45, 7) is 9.62. The van der Waals surface area contributed by atoms with Gasteiger partial charge in [0.05, 0.1) is 5.69 Å². The van der Waals surface area contributed by atoms with Crippen molar-refractivity contribution in [1.82, 2.24) is 14.7 Å². The lowest BCUT2D eigenvalue weighted by Crippen LogP contribution is -2.43. The molecule has 108 valence electrons. The molecule has 0 radical (unpaired) electrons. The molecule has 2 N–H and O–H groups in total. The van der Waals surface area contributed by atoms with Crippen molar-refractivity contribution < 1.29 is 0 Å². The first-order valence-corrected chi connectivity index (χ1v) is 7.39. The van der Waals surface area contributed by atoms with Crippen LogP contribution in [0.25, 0.3) is 0 Å². The maximum atomic E-state index is 5.91. The van der Waals surface area contributed by atoms with Gasteiger partial charge in [0.1, 0.15) is 0 Å². The molecule has 0 spiro atoms. The highest BCUT2D eigenvalue weighted by Gasteiger charge is 2.26. The molecule has 0 saturated carbocycles. The monoisotopic (exact) mass is 264 g/mol. The molecule has 19 heavy (non-hydrogen) atoms. The molecular formula is C15H28N4. The second-order valence-electron chi connectivity index (χ2n) is 6.78. The summed E-state index contributed by atoms with van der Waals surface area (Å²) in [5.74, 6) is 0. The molecule has 2 heterocycles. The van der Waals surface area contributed by atoms with Gasteiger partial charge >= 0.3 is 0 Å². The van der Waals surface area contributed by atoms with E-state index >= 15 is 0 Å². The number of aromatic nitrogens is 2. The van der Waals surface area contributed by atoms with Crippen LogP contribution in [0.1, 0.15) is 51.3 Å². The number of nitrogens with two attached hydrogens (primary N) is 1. The van der Waals surface area contributed by atoms with Gasteiger partial charge in [-0.05, 0) is 19.4 Å². The van der Waals surface area contributed by atoms with Crippen molar-refractivity contribution >= 4 is 0 Å². The van der Waals surface area contributed by atoms with Crippen molar-refractivity contribution in [1.29, 1.82) is 0 Å². The third-order valence-electron chi connectivity index (χ3n) is 4.01. The van der Waals surface area contributed by atoms with E-state index in [1.54, 1.807) is 0 Å². The molecule has 1 aromatic heterocycles. The second kappa shape index (κ2) is 5.63. The van der Waals surface area contributed by atoms with E-state index in [-0.39, 0.29) is 5.41 Å². The summed E-state index contributed by atoms with van der Waals surface area (Å²) in [6.07, 6.45) is 6.02. The summed E-state index contributed by atoms with van der Waals surface area (Å²) in [5, 5.41) is 4.66. The average Bonchev–Trinajstić information content (AvgIpc) is 2.71. The van der Waals surface area contributed by atoms with E-state index < -0.39 is 0 Å². The number of likely N-dealkylation sites (tertiary alicyclic amines) is 1. The van der Waals surface area contributed by atoms with Crippen molar-refractivity contribution in [3.8, 4) is 0 Å². The first-order valence-electron chi connectivity index (χ1n) is 7.39. The first-order chi connectivity index (χ1) is 8.91. The number of hydrogen-bond donors (Lipinski definition) is 1. The van der Waals surface area contributed by atoms with Crippen LogP contribution >= 0.6 is 0 Å². The van der Waals surface area contributed by atoms with E-state index in [2.05, 4.69) is 37.0 Å². The number of rotatable bonds is 3. The summed E-state index contributed by atoms with van der Waals surface area (Å²) in [4.78, 5) is 2.54. The molecule has 1 fully saturated rings. The van der Waals surface area contributed by atoms with Crippen LogP contribution in [0.15, 0.2) is 6.20 Å². The largest absolute Gasteiger partial charge is 0.329 e. The molecule has 0 aliphatic carbocycles. The van der Waals surface area contributed by atoms with Crippen LogP contribution in [0.4, 0.5) is 0 Å². The third kappa shape index (κ3) is 3.37. The van der Waals surface area contributed by atoms with Crippen LogP contribution in [0, 0.1) is 0 Å². The second-order valence-corrected chi connectivity index (χ2v) is 6.78. The lowest BCUT2D eigenvalue weighted by Gasteiger charge is -2.35. The Balaban J connectivity index is 2.18. The lowest BCUT2D eigenvalue weighted by atomic mass is 9.89. The van der Waals surface area contributed by atoms with E-state index in [9.17, 15) is 0 Å². The molecule has 0 aromatic carbocycles. The molecule has 1 saturated heterocycles. The van der Waals surface area contributed by atoms with Gasteiger partial charge in [-0.25, -0.2) is 0 Å². The van der Waals surface area contributed by atoms with Crippen LogP contribution in [-0.2, 0) is 19.0 Å². The van der Waals surface area contributed by atoms with Crippen molar-refractivity contribution in [3.63, 3.8) is 0 Å². The van der Waals surface area contributed by atoms with Gasteiger partial charge in [0, 0.05) is 43.4 Å². The molecular weight excluding hydrogens is 236 g/mol. The smallest absolute Gasteiger partial charge is 0.0722 e. The van der Waals surface area contributed by atoms with Crippen LogP contribution in [-0.4, -0.2) is 33.8 Å². The van der Waals surface area contributed by atoms with E-state index in [1.807, 2.05) is 11.7 Å². The molecule has 2 rings (SSSR count). The Hall–Kier alpha value is -0.870. The van der Waals surface area contributed by atoms with Gasteiger partial charge in [0.2, 0.25) is 0 Å². The average molecular weight is 264 g/mol. The summed E-state index contributed by atoms with van der Waals surface area (Å²) in [6, 6.07) is 0.543. The highest BCUT2D eigenvalue weighted by atomic mass is 15.3. The van der Waals surface area contributed by atoms with E-state index in [0.717, 1.165) is 13.1 Å². The van der Waals surface area contributed by atoms with Crippen molar-refractivity contribution in [3.05, 3.63) is 17.5 Å². The molecule has 0 amide bonds. The zero-order valence-electron chi connectivity index (χ0n) is 12.8. The minimum atomic E-state index is 0.102. The Labute approximate surface area is 117 Å². The topological polar surface area (TPSA) is 47.1 Å². The van der Waals surface area contributed by atoms with E-state index in [0.29, 0.717) is 6.04 Å². The van der Waals surface area contributed by atoms with Gasteiger partial charge < -0.3 is 5.73 Å². The number of hydrogen-bond acceptors (Lipinski definition) is 3. The molecule has 0 bridgehead atoms. The maximum absolute atomic E-state index is 5.91. The maximum Gasteiger partial charge on any atom is 0.0722 e. The van der Waals surface area contributed by atoms with Crippen LogP contribution in [0.2, 0.25) is 0 Å². The van der Waals surface area contributed by atoms with Gasteiger partial charge in [-0.1, -0.05) is 27.2 Å². The fourth-order valence-corrected chi connectivity index (χ4v) is 3.04. The quantitative estimate of drug-likeness (QED) is 0.908. The summed E-state index contributed by atoms with van der Waals surface area (Å²) in [7, 11) is 2.01. The minimum absolute atomic E-state index is 0.102. The van der Waals surface area contributed by atoms with Crippen LogP contribution < -0.4 is 5.73 Å². The lowest BCUT2D eigenvalue weighted by molar-refractivity contribution is 0.144. The fourth-order valence-electron chi connectivity index (χ4n) is 3.04. The minimum Gasteiger partial charge on any atom is -0.329 e. The Morgan fingerprint density at radius 1 is 1.37 bits per heavy atom. The Bertz CT molecular complexity index is 416. The molecule has 1 aromatic rings. The number of nitrogens with zero attached hydrogens (tertiary/aromatic N) is 3. The highest BCUT2D eigenvalue weighted by Crippen LogP contribution is 2.27. The van der Waals surface area contributed by atoms with E-state index in [4.69, 9.17) is 5.73 Å². The Morgan fingerprint density at radius 2 is 2.11 bits per heavy atom. The van der Waals surface area contributed by atoms with Crippen LogP contribution in [0.5, 0.6) is 0 Å². The van der Waals surface area contributed by atoms with Gasteiger partial charge in [0.15, 0.2) is 0 Å². The molecule has 4 nitrogen and oxygen atoms in total. The van der Waals surface area contributed by atoms with Crippen LogP contribution in [0.3, 0.4) is 0 Å². The highest BCUT2D eigenvalue weighted by molar-refractivity contribution is 5.24. The number of aryl methyl sites for hydroxylation is 1. The SMILES string of the molecule is Cn1cc(CN2CCCCC2CN)c(C(C)(C)C)n1. The molecule has 4 heteroatoms. The van der Waals surface area contributed by atoms with Gasteiger partial charge in [-0.2, -0.15) is 5.10 Å². The van der Waals surface area contributed by atoms with Crippen molar-refractivity contribution in [2.24, 2.45) is 12.8 Å². The fraction of sp³-hybridized carbons (Fsp3) is 0.800.